The summed E-state index contributed by atoms with van der Waals surface area (Å²) in [7, 11) is 0. The van der Waals surface area contributed by atoms with Gasteiger partial charge in [-0.3, -0.25) is 0 Å². The molecule has 0 fully saturated rings. The minimum Gasteiger partial charge on any atom is -0.457 e. The number of aryl methyl sites for hydroxylation is 1. The predicted octanol–water partition coefficient (Wildman–Crippen LogP) is 5.56. The van der Waals surface area contributed by atoms with E-state index in [1.807, 2.05) is 43.3 Å². The molecule has 2 aromatic carbocycles. The van der Waals surface area contributed by atoms with E-state index < -0.39 is 0 Å². The van der Waals surface area contributed by atoms with Crippen LogP contribution in [0, 0.1) is 6.92 Å². The molecule has 0 aliphatic heterocycles. The first kappa shape index (κ1) is 13.0. The average molecular weight is 261 g/mol. The summed E-state index contributed by atoms with van der Waals surface area (Å²) in [6.07, 6.45) is 0. The van der Waals surface area contributed by atoms with Gasteiger partial charge in [-0.05, 0) is 42.2 Å². The summed E-state index contributed by atoms with van der Waals surface area (Å²) in [6, 6.07) is 13.7. The predicted molar refractivity (Wildman–Crippen MR) is 76.8 cm³/mol. The van der Waals surface area contributed by atoms with E-state index in [4.69, 9.17) is 16.3 Å². The van der Waals surface area contributed by atoms with Crippen molar-refractivity contribution in [3.8, 4) is 11.5 Å². The zero-order valence-electron chi connectivity index (χ0n) is 10.9. The lowest BCUT2D eigenvalue weighted by Crippen LogP contribution is -1.93. The number of halogens is 1. The molecule has 2 rings (SSSR count). The van der Waals surface area contributed by atoms with Crippen LogP contribution in [0.5, 0.6) is 11.5 Å². The molecule has 0 bridgehead atoms. The summed E-state index contributed by atoms with van der Waals surface area (Å²) >= 11 is 6.28. The molecule has 0 radical (unpaired) electrons. The molecule has 0 saturated heterocycles. The Balaban J connectivity index is 2.33. The summed E-state index contributed by atoms with van der Waals surface area (Å²) in [4.78, 5) is 0. The summed E-state index contributed by atoms with van der Waals surface area (Å²) in [5.74, 6) is 2.06. The molecule has 2 heteroatoms. The van der Waals surface area contributed by atoms with Gasteiger partial charge < -0.3 is 4.74 Å². The Morgan fingerprint density at radius 3 is 2.33 bits per heavy atom. The van der Waals surface area contributed by atoms with Crippen LogP contribution in [0.3, 0.4) is 0 Å². The molecule has 0 saturated carbocycles. The van der Waals surface area contributed by atoms with Crippen molar-refractivity contribution in [2.24, 2.45) is 0 Å². The molecular weight excluding hydrogens is 244 g/mol. The third-order valence-corrected chi connectivity index (χ3v) is 3.21. The van der Waals surface area contributed by atoms with E-state index in [1.165, 1.54) is 0 Å². The van der Waals surface area contributed by atoms with Gasteiger partial charge in [0.05, 0.1) is 0 Å². The van der Waals surface area contributed by atoms with E-state index in [-0.39, 0.29) is 0 Å². The fraction of sp³-hybridized carbons (Fsp3) is 0.250. The fourth-order valence-electron chi connectivity index (χ4n) is 1.85. The van der Waals surface area contributed by atoms with E-state index in [0.29, 0.717) is 5.92 Å². The monoisotopic (exact) mass is 260 g/mol. The highest BCUT2D eigenvalue weighted by Gasteiger charge is 2.10. The minimum atomic E-state index is 0.418. The molecule has 0 heterocycles. The highest BCUT2D eigenvalue weighted by atomic mass is 35.5. The van der Waals surface area contributed by atoms with Crippen molar-refractivity contribution in [1.29, 1.82) is 0 Å². The highest BCUT2D eigenvalue weighted by Crippen LogP contribution is 2.33. The van der Waals surface area contributed by atoms with Crippen LogP contribution in [0.2, 0.25) is 5.02 Å². The zero-order chi connectivity index (χ0) is 13.1. The second-order valence-corrected chi connectivity index (χ2v) is 5.12. The fourth-order valence-corrected chi connectivity index (χ4v) is 2.23. The first-order valence-corrected chi connectivity index (χ1v) is 6.48. The van der Waals surface area contributed by atoms with Crippen LogP contribution in [-0.4, -0.2) is 0 Å². The second-order valence-electron chi connectivity index (χ2n) is 4.71. The Hall–Kier alpha value is -1.47. The Labute approximate surface area is 113 Å². The number of para-hydroxylation sites is 1. The molecule has 0 atom stereocenters. The Morgan fingerprint density at radius 2 is 1.72 bits per heavy atom. The number of ether oxygens (including phenoxy) is 1. The number of rotatable bonds is 3. The van der Waals surface area contributed by atoms with E-state index in [1.54, 1.807) is 0 Å². The van der Waals surface area contributed by atoms with Gasteiger partial charge in [-0.2, -0.15) is 0 Å². The lowest BCUT2D eigenvalue weighted by molar-refractivity contribution is 0.478. The van der Waals surface area contributed by atoms with E-state index in [2.05, 4.69) is 19.9 Å². The summed E-state index contributed by atoms with van der Waals surface area (Å²) < 4.78 is 5.84. The summed E-state index contributed by atoms with van der Waals surface area (Å²) in [5.41, 5.74) is 2.27. The highest BCUT2D eigenvalue weighted by molar-refractivity contribution is 6.31. The molecule has 18 heavy (non-hydrogen) atoms. The van der Waals surface area contributed by atoms with Gasteiger partial charge in [-0.15, -0.1) is 0 Å². The van der Waals surface area contributed by atoms with E-state index in [9.17, 15) is 0 Å². The van der Waals surface area contributed by atoms with Crippen LogP contribution in [0.25, 0.3) is 0 Å². The smallest absolute Gasteiger partial charge is 0.131 e. The van der Waals surface area contributed by atoms with Crippen LogP contribution in [-0.2, 0) is 0 Å². The lowest BCUT2D eigenvalue weighted by Gasteiger charge is -2.14. The molecule has 0 unspecified atom stereocenters. The Bertz CT molecular complexity index is 532. The molecule has 0 spiro atoms. The molecule has 0 N–H and O–H groups in total. The molecule has 0 aliphatic carbocycles. The molecule has 0 aliphatic rings. The van der Waals surface area contributed by atoms with Gasteiger partial charge >= 0.3 is 0 Å². The molecular formula is C16H17ClO. The maximum absolute atomic E-state index is 6.28. The molecule has 0 amide bonds. The third-order valence-electron chi connectivity index (χ3n) is 2.89. The first-order valence-electron chi connectivity index (χ1n) is 6.11. The van der Waals surface area contributed by atoms with Crippen molar-refractivity contribution < 1.29 is 4.74 Å². The van der Waals surface area contributed by atoms with E-state index in [0.717, 1.165) is 27.6 Å². The van der Waals surface area contributed by atoms with Crippen molar-refractivity contribution >= 4 is 11.6 Å². The van der Waals surface area contributed by atoms with Gasteiger partial charge in [-0.1, -0.05) is 49.7 Å². The molecule has 94 valence electrons. The lowest BCUT2D eigenvalue weighted by atomic mass is 10.0. The minimum absolute atomic E-state index is 0.418. The van der Waals surface area contributed by atoms with Crippen molar-refractivity contribution in [1.82, 2.24) is 0 Å². The van der Waals surface area contributed by atoms with Crippen molar-refractivity contribution in [2.45, 2.75) is 26.7 Å². The zero-order valence-corrected chi connectivity index (χ0v) is 11.7. The van der Waals surface area contributed by atoms with Crippen molar-refractivity contribution in [3.05, 3.63) is 58.6 Å². The van der Waals surface area contributed by atoms with Gasteiger partial charge in [0.25, 0.3) is 0 Å². The Kier molecular flexibility index (Phi) is 3.93. The third kappa shape index (κ3) is 2.85. The molecule has 2 aromatic rings. The molecule has 0 aromatic heterocycles. The average Bonchev–Trinajstić information content (AvgIpc) is 2.34. The topological polar surface area (TPSA) is 9.23 Å². The largest absolute Gasteiger partial charge is 0.457 e. The van der Waals surface area contributed by atoms with E-state index >= 15 is 0 Å². The second kappa shape index (κ2) is 5.45. The Morgan fingerprint density at radius 1 is 1.06 bits per heavy atom. The van der Waals surface area contributed by atoms with Crippen molar-refractivity contribution in [3.63, 3.8) is 0 Å². The standard InChI is InChI=1S/C16H17ClO/c1-11(2)14-9-12(3)16(10-15(14)17)18-13-7-5-4-6-8-13/h4-11H,1-3H3. The van der Waals surface area contributed by atoms with Gasteiger partial charge in [-0.25, -0.2) is 0 Å². The SMILES string of the molecule is Cc1cc(C(C)C)c(Cl)cc1Oc1ccccc1. The quantitative estimate of drug-likeness (QED) is 0.702. The van der Waals surface area contributed by atoms with Gasteiger partial charge in [0, 0.05) is 5.02 Å². The number of benzene rings is 2. The van der Waals surface area contributed by atoms with Crippen molar-refractivity contribution in [2.75, 3.05) is 0 Å². The van der Waals surface area contributed by atoms with Crippen LogP contribution in [0.1, 0.15) is 30.9 Å². The number of hydrogen-bond donors (Lipinski definition) is 0. The maximum atomic E-state index is 6.28. The van der Waals surface area contributed by atoms with Crippen LogP contribution in [0.4, 0.5) is 0 Å². The summed E-state index contributed by atoms with van der Waals surface area (Å²) in [6.45, 7) is 6.32. The van der Waals surface area contributed by atoms with Crippen LogP contribution >= 0.6 is 11.6 Å². The first-order chi connectivity index (χ1) is 8.58. The molecule has 1 nitrogen and oxygen atoms in total. The number of hydrogen-bond acceptors (Lipinski definition) is 1. The van der Waals surface area contributed by atoms with Gasteiger partial charge in [0.2, 0.25) is 0 Å². The van der Waals surface area contributed by atoms with Crippen LogP contribution < -0.4 is 4.74 Å². The van der Waals surface area contributed by atoms with Gasteiger partial charge in [0.15, 0.2) is 0 Å². The maximum Gasteiger partial charge on any atom is 0.131 e. The van der Waals surface area contributed by atoms with Gasteiger partial charge in [0.1, 0.15) is 11.5 Å². The van der Waals surface area contributed by atoms with Crippen LogP contribution in [0.15, 0.2) is 42.5 Å². The summed E-state index contributed by atoms with van der Waals surface area (Å²) in [5, 5.41) is 0.765. The normalized spacial score (nSPS) is 10.7.